The Kier molecular flexibility index (Phi) is 3.64. The zero-order valence-electron chi connectivity index (χ0n) is 11.5. The van der Waals surface area contributed by atoms with E-state index in [1.54, 1.807) is 12.1 Å². The second kappa shape index (κ2) is 5.75. The number of nitrogens with zero attached hydrogens (tertiary/aromatic N) is 2. The summed E-state index contributed by atoms with van der Waals surface area (Å²) in [4.78, 5) is 0. The van der Waals surface area contributed by atoms with Crippen molar-refractivity contribution in [1.29, 1.82) is 0 Å². The van der Waals surface area contributed by atoms with E-state index in [2.05, 4.69) is 15.5 Å². The van der Waals surface area contributed by atoms with Crippen LogP contribution in [0.4, 0.5) is 10.1 Å². The minimum atomic E-state index is -0.204. The number of aryl methyl sites for hydroxylation is 1. The Morgan fingerprint density at radius 3 is 2.76 bits per heavy atom. The average molecular weight is 283 g/mol. The molecule has 0 aliphatic rings. The maximum absolute atomic E-state index is 13.6. The fraction of sp³-hybridized carbons (Fsp3) is 0.125. The second-order valence-electron chi connectivity index (χ2n) is 4.72. The average Bonchev–Trinajstić information content (AvgIpc) is 3.02. The molecule has 1 heterocycles. The van der Waals surface area contributed by atoms with E-state index in [1.165, 1.54) is 12.5 Å². The molecule has 0 fully saturated rings. The number of anilines is 1. The molecule has 21 heavy (non-hydrogen) atoms. The van der Waals surface area contributed by atoms with Gasteiger partial charge in [-0.3, -0.25) is 0 Å². The van der Waals surface area contributed by atoms with Crippen LogP contribution in [0.15, 0.2) is 53.3 Å². The molecule has 0 saturated carbocycles. The lowest BCUT2D eigenvalue weighted by Gasteiger charge is -2.11. The Balaban J connectivity index is 1.76. The van der Waals surface area contributed by atoms with Crippen molar-refractivity contribution < 1.29 is 8.81 Å². The molecule has 2 aromatic carbocycles. The van der Waals surface area contributed by atoms with Crippen LogP contribution in [0.25, 0.3) is 11.5 Å². The molecule has 0 bridgehead atoms. The Labute approximate surface area is 121 Å². The van der Waals surface area contributed by atoms with Crippen LogP contribution in [-0.2, 0) is 6.54 Å². The minimum Gasteiger partial charge on any atom is -0.423 e. The van der Waals surface area contributed by atoms with Crippen molar-refractivity contribution in [3.63, 3.8) is 0 Å². The van der Waals surface area contributed by atoms with Crippen molar-refractivity contribution in [2.45, 2.75) is 13.5 Å². The molecular formula is C16H14FN3O. The fourth-order valence-corrected chi connectivity index (χ4v) is 2.13. The number of halogens is 1. The smallest absolute Gasteiger partial charge is 0.247 e. The minimum absolute atomic E-state index is 0.204. The van der Waals surface area contributed by atoms with Crippen LogP contribution in [0.3, 0.4) is 0 Å². The van der Waals surface area contributed by atoms with E-state index in [9.17, 15) is 4.39 Å². The SMILES string of the molecule is Cc1cc(-c2nnco2)ccc1NCc1ccccc1F. The summed E-state index contributed by atoms with van der Waals surface area (Å²) < 4.78 is 18.7. The van der Waals surface area contributed by atoms with Gasteiger partial charge in [0.15, 0.2) is 0 Å². The van der Waals surface area contributed by atoms with E-state index in [-0.39, 0.29) is 5.82 Å². The molecule has 0 spiro atoms. The van der Waals surface area contributed by atoms with Crippen molar-refractivity contribution in [3.8, 4) is 11.5 Å². The van der Waals surface area contributed by atoms with Gasteiger partial charge in [0.25, 0.3) is 0 Å². The van der Waals surface area contributed by atoms with Gasteiger partial charge in [-0.15, -0.1) is 10.2 Å². The van der Waals surface area contributed by atoms with Crippen molar-refractivity contribution in [1.82, 2.24) is 10.2 Å². The number of hydrogen-bond acceptors (Lipinski definition) is 4. The normalized spacial score (nSPS) is 10.6. The van der Waals surface area contributed by atoms with Gasteiger partial charge >= 0.3 is 0 Å². The first kappa shape index (κ1) is 13.3. The number of rotatable bonds is 4. The van der Waals surface area contributed by atoms with Crippen LogP contribution < -0.4 is 5.32 Å². The molecule has 0 radical (unpaired) electrons. The van der Waals surface area contributed by atoms with E-state index in [4.69, 9.17) is 4.42 Å². The molecule has 5 heteroatoms. The summed E-state index contributed by atoms with van der Waals surface area (Å²) >= 11 is 0. The summed E-state index contributed by atoms with van der Waals surface area (Å²) in [6, 6.07) is 12.5. The third-order valence-electron chi connectivity index (χ3n) is 3.26. The molecule has 1 N–H and O–H groups in total. The molecule has 1 aromatic heterocycles. The van der Waals surface area contributed by atoms with E-state index in [1.807, 2.05) is 31.2 Å². The Morgan fingerprint density at radius 1 is 1.19 bits per heavy atom. The molecule has 0 aliphatic carbocycles. The maximum Gasteiger partial charge on any atom is 0.247 e. The van der Waals surface area contributed by atoms with Crippen LogP contribution in [0, 0.1) is 12.7 Å². The summed E-state index contributed by atoms with van der Waals surface area (Å²) in [5.74, 6) is 0.281. The monoisotopic (exact) mass is 283 g/mol. The molecular weight excluding hydrogens is 269 g/mol. The fourth-order valence-electron chi connectivity index (χ4n) is 2.13. The van der Waals surface area contributed by atoms with Crippen molar-refractivity contribution in [2.75, 3.05) is 5.32 Å². The summed E-state index contributed by atoms with van der Waals surface area (Å²) in [6.07, 6.45) is 1.30. The number of nitrogens with one attached hydrogen (secondary N) is 1. The quantitative estimate of drug-likeness (QED) is 0.791. The van der Waals surface area contributed by atoms with Gasteiger partial charge < -0.3 is 9.73 Å². The number of aromatic nitrogens is 2. The first-order valence-electron chi connectivity index (χ1n) is 6.58. The lowest BCUT2D eigenvalue weighted by atomic mass is 10.1. The van der Waals surface area contributed by atoms with E-state index >= 15 is 0 Å². The van der Waals surface area contributed by atoms with Gasteiger partial charge in [-0.25, -0.2) is 4.39 Å². The molecule has 0 unspecified atom stereocenters. The van der Waals surface area contributed by atoms with Crippen LogP contribution in [-0.4, -0.2) is 10.2 Å². The van der Waals surface area contributed by atoms with Crippen molar-refractivity contribution in [2.24, 2.45) is 0 Å². The van der Waals surface area contributed by atoms with Crippen LogP contribution in [0.1, 0.15) is 11.1 Å². The van der Waals surface area contributed by atoms with E-state index in [0.717, 1.165) is 16.8 Å². The highest BCUT2D eigenvalue weighted by molar-refractivity contribution is 5.62. The summed E-state index contributed by atoms with van der Waals surface area (Å²) in [5.41, 5.74) is 3.47. The summed E-state index contributed by atoms with van der Waals surface area (Å²) in [5, 5.41) is 10.8. The van der Waals surface area contributed by atoms with Crippen molar-refractivity contribution >= 4 is 5.69 Å². The Hall–Kier alpha value is -2.69. The highest BCUT2D eigenvalue weighted by Gasteiger charge is 2.07. The van der Waals surface area contributed by atoms with Gasteiger partial charge in [0, 0.05) is 23.4 Å². The van der Waals surface area contributed by atoms with Crippen molar-refractivity contribution in [3.05, 3.63) is 65.8 Å². The summed E-state index contributed by atoms with van der Waals surface area (Å²) in [6.45, 7) is 2.41. The molecule has 0 aliphatic heterocycles. The molecule has 4 nitrogen and oxygen atoms in total. The Bertz CT molecular complexity index is 741. The van der Waals surface area contributed by atoms with Gasteiger partial charge in [-0.2, -0.15) is 0 Å². The van der Waals surface area contributed by atoms with Gasteiger partial charge in [0.2, 0.25) is 12.3 Å². The van der Waals surface area contributed by atoms with Gasteiger partial charge in [0.05, 0.1) is 0 Å². The molecule has 106 valence electrons. The van der Waals surface area contributed by atoms with Gasteiger partial charge in [-0.05, 0) is 36.8 Å². The molecule has 3 aromatic rings. The first-order chi connectivity index (χ1) is 10.2. The number of benzene rings is 2. The van der Waals surface area contributed by atoms with E-state index < -0.39 is 0 Å². The largest absolute Gasteiger partial charge is 0.423 e. The van der Waals surface area contributed by atoms with Crippen LogP contribution in [0.5, 0.6) is 0 Å². The molecule has 0 atom stereocenters. The topological polar surface area (TPSA) is 51.0 Å². The standard InChI is InChI=1S/C16H14FN3O/c1-11-8-12(16-20-19-10-21-16)6-7-15(11)18-9-13-4-2-3-5-14(13)17/h2-8,10,18H,9H2,1H3. The predicted octanol–water partition coefficient (Wildman–Crippen LogP) is 3.80. The summed E-state index contributed by atoms with van der Waals surface area (Å²) in [7, 11) is 0. The first-order valence-corrected chi connectivity index (χ1v) is 6.58. The third kappa shape index (κ3) is 2.91. The van der Waals surface area contributed by atoms with E-state index in [0.29, 0.717) is 18.0 Å². The van der Waals surface area contributed by atoms with Gasteiger partial charge in [0.1, 0.15) is 5.82 Å². The zero-order chi connectivity index (χ0) is 14.7. The lowest BCUT2D eigenvalue weighted by Crippen LogP contribution is -2.03. The molecule has 0 amide bonds. The molecule has 0 saturated heterocycles. The lowest BCUT2D eigenvalue weighted by molar-refractivity contribution is 0.568. The highest BCUT2D eigenvalue weighted by Crippen LogP contribution is 2.23. The molecule has 3 rings (SSSR count). The zero-order valence-corrected chi connectivity index (χ0v) is 11.5. The van der Waals surface area contributed by atoms with Crippen LogP contribution >= 0.6 is 0 Å². The third-order valence-corrected chi connectivity index (χ3v) is 3.26. The predicted molar refractivity (Wildman–Crippen MR) is 78.2 cm³/mol. The number of hydrogen-bond donors (Lipinski definition) is 1. The maximum atomic E-state index is 13.6. The highest BCUT2D eigenvalue weighted by atomic mass is 19.1. The Morgan fingerprint density at radius 2 is 2.05 bits per heavy atom. The second-order valence-corrected chi connectivity index (χ2v) is 4.72. The van der Waals surface area contributed by atoms with Gasteiger partial charge in [-0.1, -0.05) is 18.2 Å². The van der Waals surface area contributed by atoms with Crippen LogP contribution in [0.2, 0.25) is 0 Å².